The number of nitrogens with zero attached hydrogens (tertiary/aromatic N) is 2. The van der Waals surface area contributed by atoms with Gasteiger partial charge in [0, 0.05) is 30.4 Å². The molecular weight excluding hydrogens is 519 g/mol. The molecule has 218 valence electrons. The van der Waals surface area contributed by atoms with E-state index in [0.29, 0.717) is 36.4 Å². The van der Waals surface area contributed by atoms with Gasteiger partial charge in [-0.2, -0.15) is 0 Å². The Kier molecular flexibility index (Phi) is 8.64. The van der Waals surface area contributed by atoms with E-state index in [1.165, 1.54) is 0 Å². The van der Waals surface area contributed by atoms with Gasteiger partial charge in [0.05, 0.1) is 13.0 Å². The van der Waals surface area contributed by atoms with Crippen LogP contribution in [0.2, 0.25) is 0 Å². The predicted molar refractivity (Wildman–Crippen MR) is 158 cm³/mol. The lowest BCUT2D eigenvalue weighted by molar-refractivity contribution is -0.142. The Morgan fingerprint density at radius 1 is 1.15 bits per heavy atom. The Labute approximate surface area is 242 Å². The standard InChI is InChI=1S/C34H41FN2O4/c1-6-37(20(2)3)19-26-15-28(29(35)18-27(26)24-13-14-36-32(17-24)40-5)30-12-11-22-7-10-25(16-31(22)41-30)33(23-8-9-23)21(4)34(38)39/h7,10,13-18,20-21,23,30,33H,6,8-9,11-12,19H2,1-5H3,(H,38,39)/t21-,30?,33?/m0/s1. The molecule has 41 heavy (non-hydrogen) atoms. The van der Waals surface area contributed by atoms with Gasteiger partial charge in [0.2, 0.25) is 5.88 Å². The highest BCUT2D eigenvalue weighted by Gasteiger charge is 2.39. The lowest BCUT2D eigenvalue weighted by Crippen LogP contribution is -2.30. The average molecular weight is 561 g/mol. The van der Waals surface area contributed by atoms with Crippen LogP contribution in [0.15, 0.2) is 48.7 Å². The molecule has 1 N–H and O–H groups in total. The summed E-state index contributed by atoms with van der Waals surface area (Å²) in [7, 11) is 1.58. The monoisotopic (exact) mass is 560 g/mol. The highest BCUT2D eigenvalue weighted by Crippen LogP contribution is 2.48. The molecule has 5 rings (SSSR count). The molecule has 3 atom stereocenters. The average Bonchev–Trinajstić information content (AvgIpc) is 3.81. The number of rotatable bonds is 11. The van der Waals surface area contributed by atoms with Gasteiger partial charge in [-0.3, -0.25) is 9.69 Å². The summed E-state index contributed by atoms with van der Waals surface area (Å²) in [5.74, 6) is 0.0246. The van der Waals surface area contributed by atoms with E-state index in [9.17, 15) is 9.90 Å². The summed E-state index contributed by atoms with van der Waals surface area (Å²) in [5.41, 5.74) is 5.34. The van der Waals surface area contributed by atoms with E-state index in [-0.39, 0.29) is 11.7 Å². The van der Waals surface area contributed by atoms with Crippen LogP contribution in [0, 0.1) is 17.7 Å². The van der Waals surface area contributed by atoms with Crippen LogP contribution >= 0.6 is 0 Å². The number of hydrogen-bond acceptors (Lipinski definition) is 5. The molecule has 1 aliphatic heterocycles. The fraction of sp³-hybridized carbons (Fsp3) is 0.471. The van der Waals surface area contributed by atoms with Gasteiger partial charge >= 0.3 is 5.97 Å². The molecule has 0 amide bonds. The van der Waals surface area contributed by atoms with Gasteiger partial charge in [0.15, 0.2) is 0 Å². The zero-order valence-corrected chi connectivity index (χ0v) is 24.7. The van der Waals surface area contributed by atoms with Crippen molar-refractivity contribution in [1.82, 2.24) is 9.88 Å². The van der Waals surface area contributed by atoms with Crippen molar-refractivity contribution < 1.29 is 23.8 Å². The van der Waals surface area contributed by atoms with Gasteiger partial charge in [-0.1, -0.05) is 26.0 Å². The first kappa shape index (κ1) is 29.1. The molecule has 0 saturated heterocycles. The summed E-state index contributed by atoms with van der Waals surface area (Å²) >= 11 is 0. The quantitative estimate of drug-likeness (QED) is 0.263. The molecule has 3 aromatic rings. The molecule has 2 aliphatic rings. The van der Waals surface area contributed by atoms with Crippen molar-refractivity contribution in [2.45, 2.75) is 78.0 Å². The largest absolute Gasteiger partial charge is 0.485 e. The number of carboxylic acids is 1. The molecule has 2 unspecified atom stereocenters. The smallest absolute Gasteiger partial charge is 0.306 e. The van der Waals surface area contributed by atoms with Crippen LogP contribution < -0.4 is 9.47 Å². The Hall–Kier alpha value is -3.45. The molecule has 0 bridgehead atoms. The fourth-order valence-electron chi connectivity index (χ4n) is 6.24. The minimum absolute atomic E-state index is 0.0437. The van der Waals surface area contributed by atoms with Crippen LogP contribution in [0.3, 0.4) is 0 Å². The second-order valence-corrected chi connectivity index (χ2v) is 11.8. The lowest BCUT2D eigenvalue weighted by atomic mass is 9.82. The van der Waals surface area contributed by atoms with Gasteiger partial charge < -0.3 is 14.6 Å². The zero-order chi connectivity index (χ0) is 29.3. The lowest BCUT2D eigenvalue weighted by Gasteiger charge is -2.30. The van der Waals surface area contributed by atoms with Crippen molar-refractivity contribution in [3.8, 4) is 22.8 Å². The Morgan fingerprint density at radius 3 is 2.59 bits per heavy atom. The number of carbonyl (C=O) groups is 1. The van der Waals surface area contributed by atoms with E-state index < -0.39 is 18.0 Å². The number of fused-ring (bicyclic) bond motifs is 1. The van der Waals surface area contributed by atoms with Crippen LogP contribution in [-0.2, 0) is 17.8 Å². The normalized spacial score (nSPS) is 18.1. The number of hydrogen-bond donors (Lipinski definition) is 1. The SMILES string of the molecule is CCN(Cc1cc(C2CCc3ccc(C(C4CC4)[C@H](C)C(=O)O)cc3O2)c(F)cc1-c1ccnc(OC)c1)C(C)C. The summed E-state index contributed by atoms with van der Waals surface area (Å²) in [4.78, 5) is 18.4. The number of carboxylic acid groups (broad SMARTS) is 1. The van der Waals surface area contributed by atoms with E-state index >= 15 is 4.39 Å². The second kappa shape index (κ2) is 12.2. The maximum Gasteiger partial charge on any atom is 0.306 e. The van der Waals surface area contributed by atoms with E-state index in [2.05, 4.69) is 42.8 Å². The number of pyridine rings is 1. The van der Waals surface area contributed by atoms with Crippen molar-refractivity contribution in [1.29, 1.82) is 0 Å². The third kappa shape index (κ3) is 6.25. The molecule has 2 heterocycles. The minimum Gasteiger partial charge on any atom is -0.485 e. The highest BCUT2D eigenvalue weighted by molar-refractivity contribution is 5.71. The first-order valence-corrected chi connectivity index (χ1v) is 14.8. The third-order valence-electron chi connectivity index (χ3n) is 8.81. The molecule has 0 radical (unpaired) electrons. The number of halogens is 1. The van der Waals surface area contributed by atoms with E-state index in [1.54, 1.807) is 26.3 Å². The van der Waals surface area contributed by atoms with Gasteiger partial charge in [0.1, 0.15) is 17.7 Å². The van der Waals surface area contributed by atoms with Crippen molar-refractivity contribution in [3.63, 3.8) is 0 Å². The van der Waals surface area contributed by atoms with Gasteiger partial charge in [-0.05, 0) is 110 Å². The maximum absolute atomic E-state index is 15.9. The molecule has 1 aromatic heterocycles. The maximum atomic E-state index is 15.9. The minimum atomic E-state index is -0.776. The summed E-state index contributed by atoms with van der Waals surface area (Å²) in [6, 6.07) is 13.8. The van der Waals surface area contributed by atoms with Crippen LogP contribution in [0.25, 0.3) is 11.1 Å². The van der Waals surface area contributed by atoms with Crippen LogP contribution in [0.5, 0.6) is 11.6 Å². The predicted octanol–water partition coefficient (Wildman–Crippen LogP) is 7.41. The van der Waals surface area contributed by atoms with Crippen molar-refractivity contribution in [2.75, 3.05) is 13.7 Å². The van der Waals surface area contributed by atoms with E-state index in [0.717, 1.165) is 59.4 Å². The van der Waals surface area contributed by atoms with E-state index in [4.69, 9.17) is 9.47 Å². The molecule has 1 aliphatic carbocycles. The molecule has 7 heteroatoms. The summed E-state index contributed by atoms with van der Waals surface area (Å²) in [6.45, 7) is 9.81. The molecule has 0 spiro atoms. The van der Waals surface area contributed by atoms with Crippen LogP contribution in [-0.4, -0.2) is 40.7 Å². The number of ether oxygens (including phenoxy) is 2. The molecule has 2 aromatic carbocycles. The summed E-state index contributed by atoms with van der Waals surface area (Å²) < 4.78 is 27.8. The molecule has 6 nitrogen and oxygen atoms in total. The Balaban J connectivity index is 1.50. The molecule has 1 fully saturated rings. The topological polar surface area (TPSA) is 71.9 Å². The number of aliphatic carboxylic acids is 1. The fourth-order valence-corrected chi connectivity index (χ4v) is 6.24. The van der Waals surface area contributed by atoms with Crippen molar-refractivity contribution in [2.24, 2.45) is 11.8 Å². The first-order chi connectivity index (χ1) is 19.7. The third-order valence-corrected chi connectivity index (χ3v) is 8.81. The van der Waals surface area contributed by atoms with Gasteiger partial charge in [-0.25, -0.2) is 9.37 Å². The highest BCUT2D eigenvalue weighted by atomic mass is 19.1. The Bertz CT molecular complexity index is 1400. The summed E-state index contributed by atoms with van der Waals surface area (Å²) in [6.07, 6.45) is 4.80. The number of aromatic nitrogens is 1. The number of aryl methyl sites for hydroxylation is 1. The zero-order valence-electron chi connectivity index (χ0n) is 24.7. The van der Waals surface area contributed by atoms with Crippen LogP contribution in [0.4, 0.5) is 4.39 Å². The number of methoxy groups -OCH3 is 1. The number of benzene rings is 2. The summed E-state index contributed by atoms with van der Waals surface area (Å²) in [5, 5.41) is 9.74. The van der Waals surface area contributed by atoms with Gasteiger partial charge in [-0.15, -0.1) is 0 Å². The van der Waals surface area contributed by atoms with Crippen molar-refractivity contribution >= 4 is 5.97 Å². The van der Waals surface area contributed by atoms with E-state index in [1.807, 2.05) is 24.3 Å². The second-order valence-electron chi connectivity index (χ2n) is 11.8. The van der Waals surface area contributed by atoms with Crippen molar-refractivity contribution in [3.05, 3.63) is 76.7 Å². The molecule has 1 saturated carbocycles. The Morgan fingerprint density at radius 2 is 1.93 bits per heavy atom. The van der Waals surface area contributed by atoms with Gasteiger partial charge in [0.25, 0.3) is 0 Å². The first-order valence-electron chi connectivity index (χ1n) is 14.8. The van der Waals surface area contributed by atoms with Crippen LogP contribution in [0.1, 0.15) is 81.2 Å². The molecular formula is C34H41FN2O4.